The highest BCUT2D eigenvalue weighted by atomic mass is 16.3. The van der Waals surface area contributed by atoms with Gasteiger partial charge in [0.15, 0.2) is 0 Å². The quantitative estimate of drug-likeness (QED) is 0.610. The fourth-order valence-corrected chi connectivity index (χ4v) is 0.922. The number of benzene rings is 1. The van der Waals surface area contributed by atoms with Crippen LogP contribution in [0.4, 0.5) is 0 Å². The van der Waals surface area contributed by atoms with Gasteiger partial charge in [0.25, 0.3) is 0 Å². The van der Waals surface area contributed by atoms with Crippen LogP contribution in [0, 0.1) is 0 Å². The zero-order valence-corrected chi connectivity index (χ0v) is 7.69. The van der Waals surface area contributed by atoms with E-state index in [0.717, 1.165) is 0 Å². The summed E-state index contributed by atoms with van der Waals surface area (Å²) in [4.78, 5) is 10.8. The minimum Gasteiger partial charge on any atom is -0.508 e. The van der Waals surface area contributed by atoms with E-state index in [0.29, 0.717) is 5.56 Å². The molecule has 0 radical (unpaired) electrons. The van der Waals surface area contributed by atoms with Crippen molar-refractivity contribution in [2.24, 2.45) is 0 Å². The van der Waals surface area contributed by atoms with Crippen molar-refractivity contribution in [2.75, 3.05) is 7.05 Å². The Hall–Kier alpha value is -1.97. The second-order valence-corrected chi connectivity index (χ2v) is 2.69. The van der Waals surface area contributed by atoms with Crippen LogP contribution in [-0.2, 0) is 4.79 Å². The van der Waals surface area contributed by atoms with E-state index >= 15 is 0 Å². The number of nitrogens with one attached hydrogen (secondary N) is 1. The number of carbonyl (C=O) groups is 1. The maximum Gasteiger partial charge on any atom is 0.243 e. The highest BCUT2D eigenvalue weighted by Gasteiger charge is 1.98. The standard InChI is InChI=1S/C10H11NO3/c1-11-10(14)5-3-7-2-4-8(12)6-9(7)13/h2-6,12-13H,1H3,(H,11,14)/b5-3-. The molecule has 1 aromatic rings. The van der Waals surface area contributed by atoms with Crippen LogP contribution in [0.15, 0.2) is 24.3 Å². The molecule has 0 fully saturated rings. The molecule has 0 heterocycles. The van der Waals surface area contributed by atoms with Gasteiger partial charge < -0.3 is 15.5 Å². The predicted molar refractivity (Wildman–Crippen MR) is 52.9 cm³/mol. The summed E-state index contributed by atoms with van der Waals surface area (Å²) in [6.45, 7) is 0. The van der Waals surface area contributed by atoms with E-state index in [9.17, 15) is 9.90 Å². The zero-order chi connectivity index (χ0) is 10.6. The molecule has 4 nitrogen and oxygen atoms in total. The van der Waals surface area contributed by atoms with Crippen molar-refractivity contribution in [1.29, 1.82) is 0 Å². The summed E-state index contributed by atoms with van der Waals surface area (Å²) in [5, 5.41) is 20.7. The molecule has 74 valence electrons. The first kappa shape index (κ1) is 10.1. The van der Waals surface area contributed by atoms with E-state index in [1.807, 2.05) is 0 Å². The van der Waals surface area contributed by atoms with Crippen LogP contribution in [0.2, 0.25) is 0 Å². The Morgan fingerprint density at radius 3 is 2.71 bits per heavy atom. The number of phenols is 2. The second-order valence-electron chi connectivity index (χ2n) is 2.69. The molecule has 14 heavy (non-hydrogen) atoms. The fourth-order valence-electron chi connectivity index (χ4n) is 0.922. The van der Waals surface area contributed by atoms with Crippen LogP contribution in [0.5, 0.6) is 11.5 Å². The smallest absolute Gasteiger partial charge is 0.243 e. The number of aromatic hydroxyl groups is 2. The molecule has 0 aliphatic rings. The van der Waals surface area contributed by atoms with Crippen LogP contribution < -0.4 is 5.32 Å². The van der Waals surface area contributed by atoms with Crippen molar-refractivity contribution in [3.05, 3.63) is 29.8 Å². The molecule has 3 N–H and O–H groups in total. The Morgan fingerprint density at radius 1 is 1.43 bits per heavy atom. The summed E-state index contributed by atoms with van der Waals surface area (Å²) < 4.78 is 0. The van der Waals surface area contributed by atoms with E-state index in [4.69, 9.17) is 5.11 Å². The lowest BCUT2D eigenvalue weighted by atomic mass is 10.2. The van der Waals surface area contributed by atoms with Crippen LogP contribution in [0.1, 0.15) is 5.56 Å². The van der Waals surface area contributed by atoms with Crippen LogP contribution in [-0.4, -0.2) is 23.2 Å². The van der Waals surface area contributed by atoms with Gasteiger partial charge in [0.2, 0.25) is 5.91 Å². The highest BCUT2D eigenvalue weighted by Crippen LogP contribution is 2.23. The molecular formula is C10H11NO3. The van der Waals surface area contributed by atoms with Gasteiger partial charge in [-0.3, -0.25) is 4.79 Å². The molecule has 0 saturated heterocycles. The summed E-state index contributed by atoms with van der Waals surface area (Å²) in [5.41, 5.74) is 0.478. The van der Waals surface area contributed by atoms with Gasteiger partial charge in [-0.05, 0) is 18.2 Å². The van der Waals surface area contributed by atoms with Gasteiger partial charge in [0, 0.05) is 24.8 Å². The van der Waals surface area contributed by atoms with E-state index < -0.39 is 0 Å². The van der Waals surface area contributed by atoms with Gasteiger partial charge in [-0.2, -0.15) is 0 Å². The molecule has 0 saturated carbocycles. The predicted octanol–water partition coefficient (Wildman–Crippen LogP) is 0.857. The van der Waals surface area contributed by atoms with Gasteiger partial charge in [-0.1, -0.05) is 0 Å². The minimum atomic E-state index is -0.252. The summed E-state index contributed by atoms with van der Waals surface area (Å²) in [7, 11) is 1.52. The van der Waals surface area contributed by atoms with Crippen molar-refractivity contribution < 1.29 is 15.0 Å². The van der Waals surface area contributed by atoms with E-state index in [-0.39, 0.29) is 17.4 Å². The molecule has 0 bridgehead atoms. The monoisotopic (exact) mass is 193 g/mol. The number of hydrogen-bond donors (Lipinski definition) is 3. The third-order valence-electron chi connectivity index (χ3n) is 1.67. The normalized spacial score (nSPS) is 10.4. The van der Waals surface area contributed by atoms with Crippen molar-refractivity contribution in [1.82, 2.24) is 5.32 Å². The largest absolute Gasteiger partial charge is 0.508 e. The average molecular weight is 193 g/mol. The Morgan fingerprint density at radius 2 is 2.14 bits per heavy atom. The Kier molecular flexibility index (Phi) is 3.12. The average Bonchev–Trinajstić information content (AvgIpc) is 2.16. The topological polar surface area (TPSA) is 69.6 Å². The Bertz CT molecular complexity index is 372. The van der Waals surface area contributed by atoms with Gasteiger partial charge in [0.1, 0.15) is 11.5 Å². The molecule has 0 aliphatic heterocycles. The van der Waals surface area contributed by atoms with Crippen LogP contribution in [0.25, 0.3) is 6.08 Å². The summed E-state index contributed by atoms with van der Waals surface area (Å²) in [5.74, 6) is -0.331. The molecule has 4 heteroatoms. The van der Waals surface area contributed by atoms with E-state index in [2.05, 4.69) is 5.32 Å². The SMILES string of the molecule is CNC(=O)/C=C\c1ccc(O)cc1O. The maximum absolute atomic E-state index is 10.8. The van der Waals surface area contributed by atoms with E-state index in [1.54, 1.807) is 0 Å². The third kappa shape index (κ3) is 2.52. The van der Waals surface area contributed by atoms with Crippen molar-refractivity contribution in [3.8, 4) is 11.5 Å². The zero-order valence-electron chi connectivity index (χ0n) is 7.69. The summed E-state index contributed by atoms with van der Waals surface area (Å²) in [6.07, 6.45) is 2.76. The molecule has 1 amide bonds. The molecule has 0 aliphatic carbocycles. The van der Waals surface area contributed by atoms with Crippen molar-refractivity contribution in [3.63, 3.8) is 0 Å². The molecule has 1 aromatic carbocycles. The first-order valence-corrected chi connectivity index (χ1v) is 4.05. The van der Waals surface area contributed by atoms with Gasteiger partial charge in [-0.15, -0.1) is 0 Å². The highest BCUT2D eigenvalue weighted by molar-refractivity contribution is 5.91. The number of rotatable bonds is 2. The molecular weight excluding hydrogens is 182 g/mol. The summed E-state index contributed by atoms with van der Waals surface area (Å²) >= 11 is 0. The summed E-state index contributed by atoms with van der Waals surface area (Å²) in [6, 6.07) is 4.16. The van der Waals surface area contributed by atoms with Crippen molar-refractivity contribution >= 4 is 12.0 Å². The van der Waals surface area contributed by atoms with Crippen molar-refractivity contribution in [2.45, 2.75) is 0 Å². The van der Waals surface area contributed by atoms with Crippen LogP contribution in [0.3, 0.4) is 0 Å². The Labute approximate surface area is 81.5 Å². The second kappa shape index (κ2) is 4.32. The lowest BCUT2D eigenvalue weighted by Crippen LogP contribution is -2.13. The maximum atomic E-state index is 10.8. The lowest BCUT2D eigenvalue weighted by Gasteiger charge is -1.99. The lowest BCUT2D eigenvalue weighted by molar-refractivity contribution is -0.115. The minimum absolute atomic E-state index is 0.0143. The van der Waals surface area contributed by atoms with Gasteiger partial charge in [-0.25, -0.2) is 0 Å². The van der Waals surface area contributed by atoms with Crippen LogP contribution >= 0.6 is 0 Å². The molecule has 0 atom stereocenters. The molecule has 0 spiro atoms. The molecule has 1 rings (SSSR count). The number of phenolic OH excluding ortho intramolecular Hbond substituents is 2. The first-order valence-electron chi connectivity index (χ1n) is 4.05. The number of carbonyl (C=O) groups excluding carboxylic acids is 1. The number of likely N-dealkylation sites (N-methyl/N-ethyl adjacent to an activating group) is 1. The number of amides is 1. The van der Waals surface area contributed by atoms with Gasteiger partial charge >= 0.3 is 0 Å². The fraction of sp³-hybridized carbons (Fsp3) is 0.100. The third-order valence-corrected chi connectivity index (χ3v) is 1.67. The molecule has 0 unspecified atom stereocenters. The Balaban J connectivity index is 2.87. The van der Waals surface area contributed by atoms with Gasteiger partial charge in [0.05, 0.1) is 0 Å². The number of hydrogen-bond acceptors (Lipinski definition) is 3. The first-order chi connectivity index (χ1) is 6.63. The van der Waals surface area contributed by atoms with E-state index in [1.165, 1.54) is 37.4 Å². The molecule has 0 aromatic heterocycles.